The zero-order valence-electron chi connectivity index (χ0n) is 13.5. The average molecular weight is 331 g/mol. The molecule has 24 heavy (non-hydrogen) atoms. The summed E-state index contributed by atoms with van der Waals surface area (Å²) in [5.74, 6) is 2.44. The maximum absolute atomic E-state index is 12.3. The molecular formula is C17H21N3O4. The second-order valence-corrected chi connectivity index (χ2v) is 6.42. The summed E-state index contributed by atoms with van der Waals surface area (Å²) >= 11 is 0. The van der Waals surface area contributed by atoms with Crippen LogP contribution in [0.15, 0.2) is 27.3 Å². The molecule has 0 radical (unpaired) electrons. The van der Waals surface area contributed by atoms with Crippen LogP contribution in [0.1, 0.15) is 59.8 Å². The second-order valence-electron chi connectivity index (χ2n) is 6.42. The number of rotatable bonds is 3. The summed E-state index contributed by atoms with van der Waals surface area (Å²) in [5, 5.41) is 4.17. The van der Waals surface area contributed by atoms with Crippen molar-refractivity contribution in [2.75, 3.05) is 26.3 Å². The summed E-state index contributed by atoms with van der Waals surface area (Å²) in [6, 6.07) is 3.43. The van der Waals surface area contributed by atoms with Crippen LogP contribution >= 0.6 is 0 Å². The molecule has 2 aliphatic rings. The largest absolute Gasteiger partial charge is 0.459 e. The van der Waals surface area contributed by atoms with E-state index in [1.165, 1.54) is 6.26 Å². The van der Waals surface area contributed by atoms with Crippen molar-refractivity contribution in [1.82, 2.24) is 15.0 Å². The predicted octanol–water partition coefficient (Wildman–Crippen LogP) is 2.58. The van der Waals surface area contributed by atoms with Crippen LogP contribution in [-0.4, -0.2) is 47.3 Å². The Labute approximate surface area is 140 Å². The standard InChI is InChI=1S/C17H21N3O4/c21-17(14-2-1-9-23-14)20-7-3-13(4-8-20)16-18-15(19-24-16)12-5-10-22-11-6-12/h1-2,9,12-13H,3-8,10-11H2. The van der Waals surface area contributed by atoms with E-state index in [4.69, 9.17) is 13.7 Å². The molecule has 0 spiro atoms. The van der Waals surface area contributed by atoms with E-state index in [0.29, 0.717) is 30.7 Å². The fourth-order valence-corrected chi connectivity index (χ4v) is 3.42. The van der Waals surface area contributed by atoms with Crippen LogP contribution in [0.25, 0.3) is 0 Å². The second kappa shape index (κ2) is 6.76. The minimum atomic E-state index is -0.0492. The average Bonchev–Trinajstić information content (AvgIpc) is 3.34. The van der Waals surface area contributed by atoms with Crippen LogP contribution < -0.4 is 0 Å². The van der Waals surface area contributed by atoms with E-state index in [1.807, 2.05) is 4.90 Å². The van der Waals surface area contributed by atoms with Gasteiger partial charge in [-0.3, -0.25) is 4.79 Å². The van der Waals surface area contributed by atoms with Gasteiger partial charge in [0.1, 0.15) is 0 Å². The van der Waals surface area contributed by atoms with Crippen LogP contribution in [0.3, 0.4) is 0 Å². The number of ether oxygens (including phenoxy) is 1. The number of carbonyl (C=O) groups is 1. The Bertz CT molecular complexity index is 668. The molecule has 0 saturated carbocycles. The van der Waals surface area contributed by atoms with Crippen molar-refractivity contribution >= 4 is 5.91 Å². The number of piperidine rings is 1. The lowest BCUT2D eigenvalue weighted by Gasteiger charge is -2.29. The third-order valence-corrected chi connectivity index (χ3v) is 4.91. The first-order valence-corrected chi connectivity index (χ1v) is 8.55. The highest BCUT2D eigenvalue weighted by molar-refractivity contribution is 5.91. The van der Waals surface area contributed by atoms with Gasteiger partial charge in [-0.25, -0.2) is 0 Å². The summed E-state index contributed by atoms with van der Waals surface area (Å²) in [7, 11) is 0. The predicted molar refractivity (Wildman–Crippen MR) is 83.7 cm³/mol. The maximum Gasteiger partial charge on any atom is 0.289 e. The van der Waals surface area contributed by atoms with Gasteiger partial charge in [0.25, 0.3) is 5.91 Å². The van der Waals surface area contributed by atoms with Crippen LogP contribution in [0.4, 0.5) is 0 Å². The Morgan fingerprint density at radius 3 is 2.62 bits per heavy atom. The lowest BCUT2D eigenvalue weighted by Crippen LogP contribution is -2.37. The van der Waals surface area contributed by atoms with E-state index in [1.54, 1.807) is 12.1 Å². The van der Waals surface area contributed by atoms with Crippen LogP contribution in [0.5, 0.6) is 0 Å². The third kappa shape index (κ3) is 3.08. The smallest absolute Gasteiger partial charge is 0.289 e. The summed E-state index contributed by atoms with van der Waals surface area (Å²) in [6.45, 7) is 2.89. The van der Waals surface area contributed by atoms with Crippen molar-refractivity contribution in [2.24, 2.45) is 0 Å². The summed E-state index contributed by atoms with van der Waals surface area (Å²) in [6.07, 6.45) is 5.10. The van der Waals surface area contributed by atoms with Gasteiger partial charge in [0.2, 0.25) is 5.89 Å². The van der Waals surface area contributed by atoms with Crippen molar-refractivity contribution in [3.63, 3.8) is 0 Å². The lowest BCUT2D eigenvalue weighted by molar-refractivity contribution is 0.0672. The quantitative estimate of drug-likeness (QED) is 0.860. The van der Waals surface area contributed by atoms with E-state index in [0.717, 1.165) is 44.7 Å². The molecule has 7 heteroatoms. The van der Waals surface area contributed by atoms with Gasteiger partial charge >= 0.3 is 0 Å². The molecule has 2 saturated heterocycles. The Balaban J connectivity index is 1.36. The van der Waals surface area contributed by atoms with Gasteiger partial charge < -0.3 is 18.6 Å². The molecule has 2 aromatic rings. The molecule has 7 nitrogen and oxygen atoms in total. The molecule has 0 N–H and O–H groups in total. The highest BCUT2D eigenvalue weighted by Gasteiger charge is 2.30. The minimum absolute atomic E-state index is 0.0492. The molecule has 0 atom stereocenters. The van der Waals surface area contributed by atoms with Gasteiger partial charge in [-0.2, -0.15) is 4.98 Å². The van der Waals surface area contributed by atoms with Crippen LogP contribution in [-0.2, 0) is 4.74 Å². The molecule has 4 heterocycles. The van der Waals surface area contributed by atoms with Gasteiger partial charge in [-0.1, -0.05) is 5.16 Å². The minimum Gasteiger partial charge on any atom is -0.459 e. The van der Waals surface area contributed by atoms with Gasteiger partial charge in [0.15, 0.2) is 11.6 Å². The fraction of sp³-hybridized carbons (Fsp3) is 0.588. The molecular weight excluding hydrogens is 310 g/mol. The van der Waals surface area contributed by atoms with E-state index < -0.39 is 0 Å². The topological polar surface area (TPSA) is 81.6 Å². The highest BCUT2D eigenvalue weighted by Crippen LogP contribution is 2.30. The van der Waals surface area contributed by atoms with E-state index in [9.17, 15) is 4.79 Å². The van der Waals surface area contributed by atoms with Crippen molar-refractivity contribution in [3.05, 3.63) is 35.9 Å². The normalized spacial score (nSPS) is 20.4. The van der Waals surface area contributed by atoms with Gasteiger partial charge in [-0.05, 0) is 37.8 Å². The number of hydrogen-bond donors (Lipinski definition) is 0. The number of aromatic nitrogens is 2. The Kier molecular flexibility index (Phi) is 4.34. The van der Waals surface area contributed by atoms with E-state index >= 15 is 0 Å². The summed E-state index contributed by atoms with van der Waals surface area (Å²) in [5.41, 5.74) is 0. The molecule has 0 unspecified atom stereocenters. The van der Waals surface area contributed by atoms with Crippen molar-refractivity contribution < 1.29 is 18.5 Å². The van der Waals surface area contributed by atoms with Gasteiger partial charge in [0, 0.05) is 38.1 Å². The van der Waals surface area contributed by atoms with Crippen molar-refractivity contribution in [1.29, 1.82) is 0 Å². The molecule has 2 aromatic heterocycles. The van der Waals surface area contributed by atoms with Crippen LogP contribution in [0, 0.1) is 0 Å². The zero-order chi connectivity index (χ0) is 16.4. The molecule has 0 aromatic carbocycles. The van der Waals surface area contributed by atoms with Crippen molar-refractivity contribution in [2.45, 2.75) is 37.5 Å². The molecule has 4 rings (SSSR count). The zero-order valence-corrected chi connectivity index (χ0v) is 13.5. The Morgan fingerprint density at radius 2 is 1.92 bits per heavy atom. The monoisotopic (exact) mass is 331 g/mol. The number of amides is 1. The first kappa shape index (κ1) is 15.4. The van der Waals surface area contributed by atoms with Gasteiger partial charge in [-0.15, -0.1) is 0 Å². The molecule has 0 bridgehead atoms. The molecule has 1 amide bonds. The molecule has 2 aliphatic heterocycles. The number of carbonyl (C=O) groups excluding carboxylic acids is 1. The first-order chi connectivity index (χ1) is 11.8. The summed E-state index contributed by atoms with van der Waals surface area (Å²) < 4.78 is 16.1. The van der Waals surface area contributed by atoms with Crippen LogP contribution in [0.2, 0.25) is 0 Å². The SMILES string of the molecule is O=C(c1ccco1)N1CCC(c2nc(C3CCOCC3)no2)CC1. The molecule has 128 valence electrons. The lowest BCUT2D eigenvalue weighted by atomic mass is 9.96. The Hall–Kier alpha value is -2.15. The summed E-state index contributed by atoms with van der Waals surface area (Å²) in [4.78, 5) is 18.7. The maximum atomic E-state index is 12.3. The number of hydrogen-bond acceptors (Lipinski definition) is 6. The van der Waals surface area contributed by atoms with Crippen molar-refractivity contribution in [3.8, 4) is 0 Å². The van der Waals surface area contributed by atoms with E-state index in [2.05, 4.69) is 10.1 Å². The molecule has 2 fully saturated rings. The number of likely N-dealkylation sites (tertiary alicyclic amines) is 1. The Morgan fingerprint density at radius 1 is 1.12 bits per heavy atom. The third-order valence-electron chi connectivity index (χ3n) is 4.91. The van der Waals surface area contributed by atoms with E-state index in [-0.39, 0.29) is 11.8 Å². The molecule has 0 aliphatic carbocycles. The highest BCUT2D eigenvalue weighted by atomic mass is 16.5. The fourth-order valence-electron chi connectivity index (χ4n) is 3.42. The van der Waals surface area contributed by atoms with Gasteiger partial charge in [0.05, 0.1) is 6.26 Å². The number of nitrogens with zero attached hydrogens (tertiary/aromatic N) is 3. The number of furan rings is 1. The first-order valence-electron chi connectivity index (χ1n) is 8.55.